The molecule has 0 aromatic heterocycles. The molecule has 1 aliphatic rings. The molecule has 0 aliphatic carbocycles. The van der Waals surface area contributed by atoms with Gasteiger partial charge < -0.3 is 5.32 Å². The summed E-state index contributed by atoms with van der Waals surface area (Å²) in [5.41, 5.74) is 1.70. The van der Waals surface area contributed by atoms with E-state index in [1.807, 2.05) is 30.3 Å². The SMILES string of the molecule is CC(CNC(=O)C1CCN(S(=O)(=O)Cc2ccc(Cl)cc2Cl)CC1)c1ccccc1. The van der Waals surface area contributed by atoms with Crippen LogP contribution in [0.2, 0.25) is 10.0 Å². The smallest absolute Gasteiger partial charge is 0.223 e. The molecule has 1 heterocycles. The summed E-state index contributed by atoms with van der Waals surface area (Å²) in [5, 5.41) is 3.83. The van der Waals surface area contributed by atoms with E-state index in [1.54, 1.807) is 18.2 Å². The molecule has 0 saturated carbocycles. The van der Waals surface area contributed by atoms with E-state index in [1.165, 1.54) is 9.87 Å². The summed E-state index contributed by atoms with van der Waals surface area (Å²) in [7, 11) is -3.51. The number of hydrogen-bond donors (Lipinski definition) is 1. The molecule has 0 bridgehead atoms. The van der Waals surface area contributed by atoms with Crippen molar-refractivity contribution in [1.29, 1.82) is 0 Å². The molecule has 30 heavy (non-hydrogen) atoms. The number of carbonyl (C=O) groups is 1. The van der Waals surface area contributed by atoms with Crippen molar-refractivity contribution in [1.82, 2.24) is 9.62 Å². The summed E-state index contributed by atoms with van der Waals surface area (Å²) in [6.07, 6.45) is 1.03. The van der Waals surface area contributed by atoms with Gasteiger partial charge >= 0.3 is 0 Å². The zero-order valence-electron chi connectivity index (χ0n) is 16.9. The van der Waals surface area contributed by atoms with Crippen LogP contribution in [-0.2, 0) is 20.6 Å². The number of nitrogens with one attached hydrogen (secondary N) is 1. The number of hydrogen-bond acceptors (Lipinski definition) is 3. The molecule has 1 aliphatic heterocycles. The molecule has 8 heteroatoms. The fourth-order valence-electron chi connectivity index (χ4n) is 3.62. The van der Waals surface area contributed by atoms with Crippen molar-refractivity contribution in [2.75, 3.05) is 19.6 Å². The fourth-order valence-corrected chi connectivity index (χ4v) is 5.77. The van der Waals surface area contributed by atoms with Crippen LogP contribution in [0.4, 0.5) is 0 Å². The molecule has 1 atom stereocenters. The minimum atomic E-state index is -3.51. The Kier molecular flexibility index (Phi) is 7.80. The van der Waals surface area contributed by atoms with E-state index in [-0.39, 0.29) is 23.5 Å². The predicted octanol–water partition coefficient (Wildman–Crippen LogP) is 4.46. The largest absolute Gasteiger partial charge is 0.355 e. The van der Waals surface area contributed by atoms with Gasteiger partial charge in [-0.2, -0.15) is 0 Å². The third-order valence-corrected chi connectivity index (χ3v) is 7.94. The van der Waals surface area contributed by atoms with Crippen molar-refractivity contribution in [2.45, 2.75) is 31.4 Å². The van der Waals surface area contributed by atoms with Gasteiger partial charge in [0.15, 0.2) is 0 Å². The van der Waals surface area contributed by atoms with Gasteiger partial charge in [-0.05, 0) is 42.0 Å². The van der Waals surface area contributed by atoms with Crippen LogP contribution in [0.1, 0.15) is 36.8 Å². The van der Waals surface area contributed by atoms with Gasteiger partial charge in [0.05, 0.1) is 5.75 Å². The molecular formula is C22H26Cl2N2O3S. The molecule has 0 radical (unpaired) electrons. The molecule has 1 saturated heterocycles. The summed E-state index contributed by atoms with van der Waals surface area (Å²) in [6.45, 7) is 3.31. The van der Waals surface area contributed by atoms with Crippen LogP contribution < -0.4 is 5.32 Å². The van der Waals surface area contributed by atoms with Crippen molar-refractivity contribution in [3.63, 3.8) is 0 Å². The van der Waals surface area contributed by atoms with Gasteiger partial charge in [-0.25, -0.2) is 12.7 Å². The molecule has 1 unspecified atom stereocenters. The number of halogens is 2. The molecule has 2 aromatic carbocycles. The third-order valence-electron chi connectivity index (χ3n) is 5.52. The minimum Gasteiger partial charge on any atom is -0.355 e. The van der Waals surface area contributed by atoms with E-state index in [0.29, 0.717) is 48.1 Å². The maximum absolute atomic E-state index is 12.8. The average Bonchev–Trinajstić information content (AvgIpc) is 2.74. The number of sulfonamides is 1. The number of nitrogens with zero attached hydrogens (tertiary/aromatic N) is 1. The first kappa shape index (κ1) is 23.1. The molecular weight excluding hydrogens is 443 g/mol. The van der Waals surface area contributed by atoms with Crippen molar-refractivity contribution >= 4 is 39.1 Å². The zero-order valence-corrected chi connectivity index (χ0v) is 19.2. The predicted molar refractivity (Wildman–Crippen MR) is 121 cm³/mol. The highest BCUT2D eigenvalue weighted by atomic mass is 35.5. The number of carbonyl (C=O) groups excluding carboxylic acids is 1. The van der Waals surface area contributed by atoms with E-state index in [9.17, 15) is 13.2 Å². The molecule has 1 amide bonds. The first-order chi connectivity index (χ1) is 14.3. The number of amides is 1. The molecule has 1 fully saturated rings. The third kappa shape index (κ3) is 5.97. The molecule has 2 aromatic rings. The van der Waals surface area contributed by atoms with Gasteiger partial charge in [-0.1, -0.05) is 66.5 Å². The van der Waals surface area contributed by atoms with Gasteiger partial charge in [-0.15, -0.1) is 0 Å². The maximum Gasteiger partial charge on any atom is 0.223 e. The second-order valence-electron chi connectivity index (χ2n) is 7.72. The Bertz CT molecular complexity index is 975. The van der Waals surface area contributed by atoms with E-state index >= 15 is 0 Å². The summed E-state index contributed by atoms with van der Waals surface area (Å²) in [6, 6.07) is 14.8. The Morgan fingerprint density at radius 1 is 1.13 bits per heavy atom. The molecule has 5 nitrogen and oxygen atoms in total. The normalized spacial score (nSPS) is 16.9. The Balaban J connectivity index is 1.50. The van der Waals surface area contributed by atoms with Crippen molar-refractivity contribution in [3.8, 4) is 0 Å². The van der Waals surface area contributed by atoms with Crippen molar-refractivity contribution in [3.05, 3.63) is 69.7 Å². The van der Waals surface area contributed by atoms with E-state index in [0.717, 1.165) is 0 Å². The first-order valence-electron chi connectivity index (χ1n) is 10.0. The minimum absolute atomic E-state index is 0.00410. The number of benzene rings is 2. The Morgan fingerprint density at radius 2 is 1.80 bits per heavy atom. The Hall–Kier alpha value is -1.60. The molecule has 3 rings (SSSR count). The molecule has 162 valence electrons. The zero-order chi connectivity index (χ0) is 21.7. The van der Waals surface area contributed by atoms with Gasteiger partial charge in [-0.3, -0.25) is 4.79 Å². The van der Waals surface area contributed by atoms with Crippen LogP contribution in [0.15, 0.2) is 48.5 Å². The highest BCUT2D eigenvalue weighted by Crippen LogP contribution is 2.26. The van der Waals surface area contributed by atoms with Crippen LogP contribution in [0, 0.1) is 5.92 Å². The lowest BCUT2D eigenvalue weighted by molar-refractivity contribution is -0.126. The van der Waals surface area contributed by atoms with E-state index < -0.39 is 10.0 Å². The van der Waals surface area contributed by atoms with E-state index in [4.69, 9.17) is 23.2 Å². The monoisotopic (exact) mass is 468 g/mol. The summed E-state index contributed by atoms with van der Waals surface area (Å²) in [5.74, 6) is -0.122. The van der Waals surface area contributed by atoms with Gasteiger partial charge in [0.25, 0.3) is 0 Å². The highest BCUT2D eigenvalue weighted by molar-refractivity contribution is 7.88. The average molecular weight is 469 g/mol. The van der Waals surface area contributed by atoms with Crippen LogP contribution in [0.25, 0.3) is 0 Å². The Morgan fingerprint density at radius 3 is 2.43 bits per heavy atom. The van der Waals surface area contributed by atoms with Crippen LogP contribution in [-0.4, -0.2) is 38.3 Å². The van der Waals surface area contributed by atoms with Gasteiger partial charge in [0.2, 0.25) is 15.9 Å². The topological polar surface area (TPSA) is 66.5 Å². The second-order valence-corrected chi connectivity index (χ2v) is 10.5. The number of rotatable bonds is 7. The standard InChI is InChI=1S/C22H26Cl2N2O3S/c1-16(17-5-3-2-4-6-17)14-25-22(27)18-9-11-26(12-10-18)30(28,29)15-19-7-8-20(23)13-21(19)24/h2-8,13,16,18H,9-12,14-15H2,1H3,(H,25,27). The molecule has 0 spiro atoms. The van der Waals surface area contributed by atoms with Crippen LogP contribution in [0.5, 0.6) is 0 Å². The van der Waals surface area contributed by atoms with Crippen molar-refractivity contribution in [2.24, 2.45) is 5.92 Å². The highest BCUT2D eigenvalue weighted by Gasteiger charge is 2.31. The second kappa shape index (κ2) is 10.1. The van der Waals surface area contributed by atoms with Gasteiger partial charge in [0, 0.05) is 35.6 Å². The quantitative estimate of drug-likeness (QED) is 0.652. The number of piperidine rings is 1. The lowest BCUT2D eigenvalue weighted by Crippen LogP contribution is -2.43. The summed E-state index contributed by atoms with van der Waals surface area (Å²) < 4.78 is 27.0. The lowest BCUT2D eigenvalue weighted by Gasteiger charge is -2.31. The van der Waals surface area contributed by atoms with Crippen LogP contribution >= 0.6 is 23.2 Å². The first-order valence-corrected chi connectivity index (χ1v) is 12.4. The summed E-state index contributed by atoms with van der Waals surface area (Å²) >= 11 is 12.0. The van der Waals surface area contributed by atoms with Crippen molar-refractivity contribution < 1.29 is 13.2 Å². The van der Waals surface area contributed by atoms with Gasteiger partial charge in [0.1, 0.15) is 0 Å². The fraction of sp³-hybridized carbons (Fsp3) is 0.409. The molecule has 1 N–H and O–H groups in total. The van der Waals surface area contributed by atoms with E-state index in [2.05, 4.69) is 12.2 Å². The summed E-state index contributed by atoms with van der Waals surface area (Å²) in [4.78, 5) is 12.5. The Labute approximate surface area is 188 Å². The lowest BCUT2D eigenvalue weighted by atomic mass is 9.96. The maximum atomic E-state index is 12.8. The van der Waals surface area contributed by atoms with Crippen LogP contribution in [0.3, 0.4) is 0 Å².